The number of rotatable bonds is 5. The summed E-state index contributed by atoms with van der Waals surface area (Å²) in [6.07, 6.45) is 3.70. The number of hydrogen-bond acceptors (Lipinski definition) is 2. The zero-order valence-corrected chi connectivity index (χ0v) is 14.7. The van der Waals surface area contributed by atoms with E-state index in [1.54, 1.807) is 0 Å². The van der Waals surface area contributed by atoms with Gasteiger partial charge in [-0.3, -0.25) is 4.79 Å². The number of nitrogens with one attached hydrogen (secondary N) is 1. The minimum Gasteiger partial charge on any atom is -0.393 e. The Balaban J connectivity index is 1.67. The maximum atomic E-state index is 12.7. The summed E-state index contributed by atoms with van der Waals surface area (Å²) in [6.45, 7) is 5.00. The van der Waals surface area contributed by atoms with Gasteiger partial charge in [0.15, 0.2) is 0 Å². The van der Waals surface area contributed by atoms with Crippen LogP contribution in [0.4, 0.5) is 0 Å². The van der Waals surface area contributed by atoms with Crippen LogP contribution in [-0.4, -0.2) is 23.7 Å². The summed E-state index contributed by atoms with van der Waals surface area (Å²) in [6, 6.07) is 10.7. The molecule has 0 aromatic heterocycles. The Morgan fingerprint density at radius 2 is 2.00 bits per heavy atom. The fourth-order valence-electron chi connectivity index (χ4n) is 6.10. The van der Waals surface area contributed by atoms with E-state index in [0.29, 0.717) is 36.0 Å². The molecule has 4 aliphatic rings. The van der Waals surface area contributed by atoms with Crippen molar-refractivity contribution in [2.75, 3.05) is 6.54 Å². The van der Waals surface area contributed by atoms with Crippen LogP contribution in [0.5, 0.6) is 0 Å². The summed E-state index contributed by atoms with van der Waals surface area (Å²) in [4.78, 5) is 12.7. The van der Waals surface area contributed by atoms with Crippen LogP contribution >= 0.6 is 0 Å². The first-order valence-electron chi connectivity index (χ1n) is 9.52. The van der Waals surface area contributed by atoms with Gasteiger partial charge >= 0.3 is 0 Å². The van der Waals surface area contributed by atoms with Crippen molar-refractivity contribution in [3.05, 3.63) is 35.9 Å². The monoisotopic (exact) mass is 327 g/mol. The zero-order chi connectivity index (χ0) is 16.9. The molecule has 1 aromatic carbocycles. The highest BCUT2D eigenvalue weighted by atomic mass is 16.3. The number of aliphatic hydroxyl groups is 1. The number of amides is 1. The average molecular weight is 327 g/mol. The average Bonchev–Trinajstić information content (AvgIpc) is 2.90. The lowest BCUT2D eigenvalue weighted by atomic mass is 9.59. The first-order chi connectivity index (χ1) is 11.5. The Hall–Kier alpha value is -1.35. The molecule has 5 rings (SSSR count). The van der Waals surface area contributed by atoms with Gasteiger partial charge in [-0.2, -0.15) is 0 Å². The van der Waals surface area contributed by atoms with Crippen LogP contribution in [0.3, 0.4) is 0 Å². The molecule has 0 saturated heterocycles. The summed E-state index contributed by atoms with van der Waals surface area (Å²) >= 11 is 0. The molecule has 130 valence electrons. The highest BCUT2D eigenvalue weighted by molar-refractivity contribution is 5.78. The Kier molecular flexibility index (Phi) is 3.95. The molecule has 4 aliphatic carbocycles. The molecule has 3 heteroatoms. The Labute approximate surface area is 144 Å². The maximum absolute atomic E-state index is 12.7. The van der Waals surface area contributed by atoms with E-state index in [1.165, 1.54) is 5.56 Å². The second kappa shape index (κ2) is 5.87. The quantitative estimate of drug-likeness (QED) is 0.873. The van der Waals surface area contributed by atoms with Crippen LogP contribution in [0.15, 0.2) is 30.3 Å². The van der Waals surface area contributed by atoms with Crippen LogP contribution in [0.2, 0.25) is 0 Å². The lowest BCUT2D eigenvalue weighted by Crippen LogP contribution is -2.45. The van der Waals surface area contributed by atoms with Crippen molar-refractivity contribution in [3.63, 3.8) is 0 Å². The fourth-order valence-corrected chi connectivity index (χ4v) is 6.10. The fraction of sp³-hybridized carbons (Fsp3) is 0.667. The van der Waals surface area contributed by atoms with Crippen molar-refractivity contribution in [1.82, 2.24) is 5.32 Å². The third-order valence-electron chi connectivity index (χ3n) is 7.00. The number of aliphatic hydroxyl groups excluding tert-OH is 1. The molecule has 4 fully saturated rings. The minimum absolute atomic E-state index is 0.0685. The van der Waals surface area contributed by atoms with Crippen molar-refractivity contribution < 1.29 is 9.90 Å². The SMILES string of the molecule is CC(C)CNC(=O)CC1(c2ccccc2)C2CC3CC1C(C2)C3O. The molecule has 0 spiro atoms. The van der Waals surface area contributed by atoms with Gasteiger partial charge < -0.3 is 10.4 Å². The van der Waals surface area contributed by atoms with Crippen LogP contribution in [0.1, 0.15) is 45.1 Å². The number of carbonyl (C=O) groups is 1. The summed E-state index contributed by atoms with van der Waals surface area (Å²) < 4.78 is 0. The van der Waals surface area contributed by atoms with Gasteiger partial charge in [0.1, 0.15) is 0 Å². The first-order valence-corrected chi connectivity index (χ1v) is 9.52. The Morgan fingerprint density at radius 1 is 1.25 bits per heavy atom. The summed E-state index contributed by atoms with van der Waals surface area (Å²) in [5.41, 5.74) is 1.25. The molecular formula is C21H29NO2. The van der Waals surface area contributed by atoms with Gasteiger partial charge in [0.25, 0.3) is 0 Å². The molecular weight excluding hydrogens is 298 g/mol. The molecule has 2 N–H and O–H groups in total. The van der Waals surface area contributed by atoms with Crippen LogP contribution in [0.25, 0.3) is 0 Å². The standard InChI is InChI=1S/C21H29NO2/c1-13(2)12-22-19(23)11-21(15-6-4-3-5-7-15)16-8-14-9-18(21)17(10-16)20(14)24/h3-7,13-14,16-18,20,24H,8-12H2,1-2H3,(H,22,23). The minimum atomic E-state index is -0.143. The predicted molar refractivity (Wildman–Crippen MR) is 94.4 cm³/mol. The summed E-state index contributed by atoms with van der Waals surface area (Å²) in [5, 5.41) is 13.7. The van der Waals surface area contributed by atoms with E-state index in [9.17, 15) is 9.90 Å². The van der Waals surface area contributed by atoms with Crippen molar-refractivity contribution in [2.24, 2.45) is 29.6 Å². The Bertz CT molecular complexity index is 610. The molecule has 1 aromatic rings. The van der Waals surface area contributed by atoms with E-state index in [4.69, 9.17) is 0 Å². The molecule has 4 saturated carbocycles. The van der Waals surface area contributed by atoms with E-state index >= 15 is 0 Å². The largest absolute Gasteiger partial charge is 0.393 e. The number of benzene rings is 1. The van der Waals surface area contributed by atoms with Crippen LogP contribution in [0, 0.1) is 29.6 Å². The molecule has 24 heavy (non-hydrogen) atoms. The van der Waals surface area contributed by atoms with Crippen molar-refractivity contribution in [1.29, 1.82) is 0 Å². The molecule has 0 radical (unpaired) electrons. The van der Waals surface area contributed by atoms with Gasteiger partial charge in [-0.25, -0.2) is 0 Å². The van der Waals surface area contributed by atoms with Gasteiger partial charge in [-0.15, -0.1) is 0 Å². The van der Waals surface area contributed by atoms with Crippen molar-refractivity contribution in [2.45, 2.75) is 51.0 Å². The van der Waals surface area contributed by atoms with E-state index in [1.807, 2.05) is 0 Å². The van der Waals surface area contributed by atoms with E-state index in [0.717, 1.165) is 25.8 Å². The van der Waals surface area contributed by atoms with Crippen LogP contribution < -0.4 is 5.32 Å². The first kappa shape index (κ1) is 16.1. The van der Waals surface area contributed by atoms with Gasteiger partial charge in [-0.05, 0) is 54.4 Å². The zero-order valence-electron chi connectivity index (χ0n) is 14.7. The molecule has 0 aliphatic heterocycles. The van der Waals surface area contributed by atoms with Gasteiger partial charge in [-0.1, -0.05) is 44.2 Å². The number of hydrogen-bond donors (Lipinski definition) is 2. The lowest BCUT2D eigenvalue weighted by Gasteiger charge is -2.45. The molecule has 3 nitrogen and oxygen atoms in total. The molecule has 1 amide bonds. The molecule has 4 bridgehead atoms. The Morgan fingerprint density at radius 3 is 2.71 bits per heavy atom. The smallest absolute Gasteiger partial charge is 0.220 e. The maximum Gasteiger partial charge on any atom is 0.220 e. The van der Waals surface area contributed by atoms with E-state index < -0.39 is 0 Å². The predicted octanol–water partition coefficient (Wildman–Crippen LogP) is 3.12. The highest BCUT2D eigenvalue weighted by Gasteiger charge is 2.66. The lowest BCUT2D eigenvalue weighted by molar-refractivity contribution is -0.123. The normalized spacial score (nSPS) is 39.6. The third kappa shape index (κ3) is 2.32. The molecule has 6 atom stereocenters. The van der Waals surface area contributed by atoms with Gasteiger partial charge in [0.05, 0.1) is 6.10 Å². The topological polar surface area (TPSA) is 49.3 Å². The second-order valence-corrected chi connectivity index (χ2v) is 8.71. The van der Waals surface area contributed by atoms with Crippen molar-refractivity contribution >= 4 is 5.91 Å². The van der Waals surface area contributed by atoms with Crippen LogP contribution in [-0.2, 0) is 10.2 Å². The molecule has 6 unspecified atom stereocenters. The van der Waals surface area contributed by atoms with E-state index in [-0.39, 0.29) is 17.4 Å². The second-order valence-electron chi connectivity index (χ2n) is 8.71. The van der Waals surface area contributed by atoms with Gasteiger partial charge in [0, 0.05) is 18.4 Å². The number of carbonyl (C=O) groups excluding carboxylic acids is 1. The highest BCUT2D eigenvalue weighted by Crippen LogP contribution is 2.68. The summed E-state index contributed by atoms with van der Waals surface area (Å²) in [5.74, 6) is 2.52. The summed E-state index contributed by atoms with van der Waals surface area (Å²) in [7, 11) is 0. The van der Waals surface area contributed by atoms with Gasteiger partial charge in [0.2, 0.25) is 5.91 Å². The van der Waals surface area contributed by atoms with E-state index in [2.05, 4.69) is 49.5 Å². The third-order valence-corrected chi connectivity index (χ3v) is 7.00. The molecule has 0 heterocycles. The van der Waals surface area contributed by atoms with Crippen molar-refractivity contribution in [3.8, 4) is 0 Å².